The average molecular weight is 335 g/mol. The van der Waals surface area contributed by atoms with E-state index in [2.05, 4.69) is 62.4 Å². The Kier molecular flexibility index (Phi) is 4.45. The number of benzene rings is 2. The van der Waals surface area contributed by atoms with Crippen LogP contribution < -0.4 is 0 Å². The van der Waals surface area contributed by atoms with Gasteiger partial charge in [0.1, 0.15) is 0 Å². The summed E-state index contributed by atoms with van der Waals surface area (Å²) in [6.45, 7) is 6.20. The van der Waals surface area contributed by atoms with E-state index in [0.29, 0.717) is 10.8 Å². The molecule has 0 bridgehead atoms. The van der Waals surface area contributed by atoms with Crippen molar-refractivity contribution in [2.45, 2.75) is 63.2 Å². The normalized spacial score (nSPS) is 19.6. The molecule has 2 aliphatic carbocycles. The zero-order valence-corrected chi connectivity index (χ0v) is 15.7. The first-order valence-corrected chi connectivity index (χ1v) is 9.96. The van der Waals surface area contributed by atoms with Gasteiger partial charge >= 0.3 is 0 Å². The van der Waals surface area contributed by atoms with Gasteiger partial charge in [0, 0.05) is 10.8 Å². The Morgan fingerprint density at radius 1 is 0.640 bits per heavy atom. The molecule has 0 saturated heterocycles. The Balaban J connectivity index is 1.36. The van der Waals surface area contributed by atoms with Crippen molar-refractivity contribution in [1.82, 2.24) is 0 Å². The molecule has 2 aromatic rings. The lowest BCUT2D eigenvalue weighted by Gasteiger charge is -2.21. The highest BCUT2D eigenvalue weighted by molar-refractivity contribution is 5.35. The van der Waals surface area contributed by atoms with E-state index in [1.54, 1.807) is 0 Å². The maximum atomic E-state index is 6.31. The highest BCUT2D eigenvalue weighted by atomic mass is 16.5. The number of hydrogen-bond donors (Lipinski definition) is 0. The van der Waals surface area contributed by atoms with Gasteiger partial charge < -0.3 is 4.74 Å². The van der Waals surface area contributed by atoms with Crippen molar-refractivity contribution in [2.75, 3.05) is 13.2 Å². The standard InChI is InChI=1S/C24H30O/c1-3-19-5-9-21(10-6-19)23(13-14-23)17-25-18-24(15-16-24)22-11-7-20(4-2)8-12-22/h5-12H,3-4,13-18H2,1-2H3. The van der Waals surface area contributed by atoms with Crippen molar-refractivity contribution in [1.29, 1.82) is 0 Å². The first-order valence-electron chi connectivity index (χ1n) is 9.96. The van der Waals surface area contributed by atoms with Crippen LogP contribution in [0.4, 0.5) is 0 Å². The van der Waals surface area contributed by atoms with Gasteiger partial charge in [0.15, 0.2) is 0 Å². The third-order valence-corrected chi connectivity index (χ3v) is 6.41. The van der Waals surface area contributed by atoms with E-state index in [0.717, 1.165) is 26.1 Å². The quantitative estimate of drug-likeness (QED) is 0.611. The molecule has 1 heteroatoms. The molecule has 0 radical (unpaired) electrons. The van der Waals surface area contributed by atoms with Crippen LogP contribution in [0, 0.1) is 0 Å². The summed E-state index contributed by atoms with van der Waals surface area (Å²) in [6.07, 6.45) is 7.33. The molecule has 132 valence electrons. The molecular weight excluding hydrogens is 304 g/mol. The van der Waals surface area contributed by atoms with E-state index in [4.69, 9.17) is 4.74 Å². The smallest absolute Gasteiger partial charge is 0.0563 e. The largest absolute Gasteiger partial charge is 0.380 e. The maximum absolute atomic E-state index is 6.31. The minimum absolute atomic E-state index is 0.300. The van der Waals surface area contributed by atoms with Crippen molar-refractivity contribution in [3.05, 3.63) is 70.8 Å². The monoisotopic (exact) mass is 334 g/mol. The average Bonchev–Trinajstić information content (AvgIpc) is 3.59. The van der Waals surface area contributed by atoms with Crippen LogP contribution in [0.15, 0.2) is 48.5 Å². The van der Waals surface area contributed by atoms with Crippen LogP contribution in [0.3, 0.4) is 0 Å². The van der Waals surface area contributed by atoms with E-state index in [1.165, 1.54) is 47.9 Å². The second kappa shape index (κ2) is 6.61. The lowest BCUT2D eigenvalue weighted by atomic mass is 9.94. The summed E-state index contributed by atoms with van der Waals surface area (Å²) in [6, 6.07) is 18.4. The Bertz CT molecular complexity index is 639. The predicted octanol–water partition coefficient (Wildman–Crippen LogP) is 5.59. The van der Waals surface area contributed by atoms with E-state index in [-0.39, 0.29) is 0 Å². The summed E-state index contributed by atoms with van der Waals surface area (Å²) in [5.41, 5.74) is 6.40. The SMILES string of the molecule is CCc1ccc(C2(COCC3(c4ccc(CC)cc4)CC3)CC2)cc1. The lowest BCUT2D eigenvalue weighted by molar-refractivity contribution is 0.0945. The molecule has 2 aliphatic rings. The zero-order valence-electron chi connectivity index (χ0n) is 15.7. The molecule has 0 heterocycles. The molecule has 0 unspecified atom stereocenters. The Hall–Kier alpha value is -1.60. The van der Waals surface area contributed by atoms with Gasteiger partial charge in [-0.25, -0.2) is 0 Å². The molecule has 0 N–H and O–H groups in total. The topological polar surface area (TPSA) is 9.23 Å². The third-order valence-electron chi connectivity index (χ3n) is 6.41. The van der Waals surface area contributed by atoms with Crippen LogP contribution in [0.5, 0.6) is 0 Å². The fraction of sp³-hybridized carbons (Fsp3) is 0.500. The molecular formula is C24H30O. The molecule has 1 nitrogen and oxygen atoms in total. The zero-order chi connectivity index (χ0) is 17.3. The minimum Gasteiger partial charge on any atom is -0.380 e. The van der Waals surface area contributed by atoms with Crippen molar-refractivity contribution < 1.29 is 4.74 Å². The fourth-order valence-corrected chi connectivity index (χ4v) is 3.96. The summed E-state index contributed by atoms with van der Waals surface area (Å²) in [4.78, 5) is 0. The number of ether oxygens (including phenoxy) is 1. The van der Waals surface area contributed by atoms with Crippen LogP contribution in [0.1, 0.15) is 61.8 Å². The van der Waals surface area contributed by atoms with Crippen molar-refractivity contribution >= 4 is 0 Å². The molecule has 2 aromatic carbocycles. The second-order valence-corrected chi connectivity index (χ2v) is 8.15. The highest BCUT2D eigenvalue weighted by Crippen LogP contribution is 2.51. The fourth-order valence-electron chi connectivity index (χ4n) is 3.96. The summed E-state index contributed by atoms with van der Waals surface area (Å²) in [5.74, 6) is 0. The Labute approximate surface area is 152 Å². The molecule has 0 aliphatic heterocycles. The maximum Gasteiger partial charge on any atom is 0.0563 e. The molecule has 0 aromatic heterocycles. The van der Waals surface area contributed by atoms with Gasteiger partial charge in [0.25, 0.3) is 0 Å². The van der Waals surface area contributed by atoms with Crippen LogP contribution in [-0.2, 0) is 28.4 Å². The van der Waals surface area contributed by atoms with E-state index >= 15 is 0 Å². The van der Waals surface area contributed by atoms with Crippen LogP contribution in [-0.4, -0.2) is 13.2 Å². The summed E-state index contributed by atoms with van der Waals surface area (Å²) >= 11 is 0. The number of hydrogen-bond acceptors (Lipinski definition) is 1. The van der Waals surface area contributed by atoms with Crippen molar-refractivity contribution in [3.63, 3.8) is 0 Å². The lowest BCUT2D eigenvalue weighted by Crippen LogP contribution is -2.21. The number of aryl methyl sites for hydroxylation is 2. The van der Waals surface area contributed by atoms with Crippen molar-refractivity contribution in [3.8, 4) is 0 Å². The van der Waals surface area contributed by atoms with Gasteiger partial charge in [-0.1, -0.05) is 62.4 Å². The third kappa shape index (κ3) is 3.40. The van der Waals surface area contributed by atoms with Crippen LogP contribution >= 0.6 is 0 Å². The highest BCUT2D eigenvalue weighted by Gasteiger charge is 2.47. The first-order chi connectivity index (χ1) is 12.2. The van der Waals surface area contributed by atoms with Crippen LogP contribution in [0.25, 0.3) is 0 Å². The Morgan fingerprint density at radius 2 is 1.00 bits per heavy atom. The van der Waals surface area contributed by atoms with Gasteiger partial charge in [-0.05, 0) is 60.8 Å². The molecule has 25 heavy (non-hydrogen) atoms. The van der Waals surface area contributed by atoms with E-state index in [1.807, 2.05) is 0 Å². The van der Waals surface area contributed by atoms with Gasteiger partial charge in [0.05, 0.1) is 13.2 Å². The van der Waals surface area contributed by atoms with Crippen molar-refractivity contribution in [2.24, 2.45) is 0 Å². The first kappa shape index (κ1) is 16.8. The molecule has 2 saturated carbocycles. The summed E-state index contributed by atoms with van der Waals surface area (Å²) in [5, 5.41) is 0. The Morgan fingerprint density at radius 3 is 1.28 bits per heavy atom. The van der Waals surface area contributed by atoms with Gasteiger partial charge in [-0.15, -0.1) is 0 Å². The molecule has 0 spiro atoms. The minimum atomic E-state index is 0.300. The number of rotatable bonds is 8. The van der Waals surface area contributed by atoms with Gasteiger partial charge in [-0.2, -0.15) is 0 Å². The van der Waals surface area contributed by atoms with Gasteiger partial charge in [-0.3, -0.25) is 0 Å². The molecule has 2 fully saturated rings. The van der Waals surface area contributed by atoms with E-state index < -0.39 is 0 Å². The molecule has 0 amide bonds. The van der Waals surface area contributed by atoms with Gasteiger partial charge in [0.2, 0.25) is 0 Å². The van der Waals surface area contributed by atoms with Crippen LogP contribution in [0.2, 0.25) is 0 Å². The van der Waals surface area contributed by atoms with E-state index in [9.17, 15) is 0 Å². The molecule has 0 atom stereocenters. The summed E-state index contributed by atoms with van der Waals surface area (Å²) < 4.78 is 6.31. The predicted molar refractivity (Wildman–Crippen MR) is 104 cm³/mol. The summed E-state index contributed by atoms with van der Waals surface area (Å²) in [7, 11) is 0. The molecule has 4 rings (SSSR count). The second-order valence-electron chi connectivity index (χ2n) is 8.15.